The third kappa shape index (κ3) is 4.28. The van der Waals surface area contributed by atoms with Gasteiger partial charge >= 0.3 is 6.18 Å². The lowest BCUT2D eigenvalue weighted by molar-refractivity contribution is -0.137. The molecule has 0 unspecified atom stereocenters. The number of anilines is 1. The van der Waals surface area contributed by atoms with Crippen molar-refractivity contribution in [2.45, 2.75) is 57.3 Å². The summed E-state index contributed by atoms with van der Waals surface area (Å²) in [4.78, 5) is 0. The quantitative estimate of drug-likeness (QED) is 0.615. The number of rotatable bonds is 4. The van der Waals surface area contributed by atoms with E-state index in [1.54, 1.807) is 16.5 Å². The normalized spacial score (nSPS) is 20.5. The highest BCUT2D eigenvalue weighted by Gasteiger charge is 2.32. The number of halogens is 3. The molecule has 160 valence electrons. The highest BCUT2D eigenvalue weighted by Crippen LogP contribution is 2.34. The summed E-state index contributed by atoms with van der Waals surface area (Å²) in [6.45, 7) is 3.72. The second-order valence-electron chi connectivity index (χ2n) is 8.59. The Morgan fingerprint density at radius 2 is 1.77 bits per heavy atom. The molecular formula is C22H25F3N4O. The van der Waals surface area contributed by atoms with E-state index < -0.39 is 17.3 Å². The maximum atomic E-state index is 13.1. The van der Waals surface area contributed by atoms with Crippen LogP contribution < -0.4 is 5.32 Å². The summed E-state index contributed by atoms with van der Waals surface area (Å²) in [6.07, 6.45) is 1.22. The van der Waals surface area contributed by atoms with Gasteiger partial charge < -0.3 is 10.4 Å². The number of aromatic nitrogens is 3. The van der Waals surface area contributed by atoms with Crippen molar-refractivity contribution in [1.29, 1.82) is 0 Å². The second-order valence-corrected chi connectivity index (χ2v) is 8.59. The van der Waals surface area contributed by atoms with Crippen LogP contribution in [-0.4, -0.2) is 31.3 Å². The molecule has 8 heteroatoms. The number of hydrogen-bond donors (Lipinski definition) is 2. The number of nitrogens with zero attached hydrogens (tertiary/aromatic N) is 3. The van der Waals surface area contributed by atoms with Gasteiger partial charge in [0.05, 0.1) is 16.9 Å². The van der Waals surface area contributed by atoms with Gasteiger partial charge in [-0.3, -0.25) is 4.40 Å². The van der Waals surface area contributed by atoms with Crippen molar-refractivity contribution in [3.8, 4) is 11.4 Å². The Bertz CT molecular complexity index is 1030. The number of hydrogen-bond acceptors (Lipinski definition) is 4. The van der Waals surface area contributed by atoms with Crippen LogP contribution in [0.1, 0.15) is 45.1 Å². The summed E-state index contributed by atoms with van der Waals surface area (Å²) < 4.78 is 41.0. The molecule has 3 aromatic rings. The average molecular weight is 418 g/mol. The summed E-state index contributed by atoms with van der Waals surface area (Å²) in [5.74, 6) is 0.661. The molecule has 0 aliphatic heterocycles. The Balaban J connectivity index is 1.56. The number of aliphatic hydroxyl groups is 1. The third-order valence-corrected chi connectivity index (χ3v) is 5.95. The number of alkyl halides is 3. The van der Waals surface area contributed by atoms with Gasteiger partial charge in [0.2, 0.25) is 0 Å². The molecule has 30 heavy (non-hydrogen) atoms. The van der Waals surface area contributed by atoms with E-state index in [0.717, 1.165) is 43.5 Å². The fraction of sp³-hybridized carbons (Fsp3) is 0.455. The van der Waals surface area contributed by atoms with Crippen molar-refractivity contribution in [3.63, 3.8) is 0 Å². The highest BCUT2D eigenvalue weighted by molar-refractivity contribution is 5.62. The summed E-state index contributed by atoms with van der Waals surface area (Å²) in [5.41, 5.74) is 0.419. The van der Waals surface area contributed by atoms with E-state index >= 15 is 0 Å². The minimum atomic E-state index is -4.41. The van der Waals surface area contributed by atoms with Gasteiger partial charge in [-0.05, 0) is 69.7 Å². The average Bonchev–Trinajstić information content (AvgIpc) is 3.10. The van der Waals surface area contributed by atoms with Crippen LogP contribution in [0.4, 0.5) is 18.9 Å². The molecule has 0 saturated heterocycles. The monoisotopic (exact) mass is 418 g/mol. The summed E-state index contributed by atoms with van der Waals surface area (Å²) in [5, 5.41) is 21.9. The Hall–Kier alpha value is -2.61. The zero-order valence-corrected chi connectivity index (χ0v) is 16.9. The summed E-state index contributed by atoms with van der Waals surface area (Å²) in [7, 11) is 0. The van der Waals surface area contributed by atoms with Crippen LogP contribution in [0.3, 0.4) is 0 Å². The van der Waals surface area contributed by atoms with Crippen LogP contribution in [0.25, 0.3) is 17.0 Å². The minimum absolute atomic E-state index is 0.287. The van der Waals surface area contributed by atoms with E-state index in [1.165, 1.54) is 6.07 Å². The molecule has 1 aliphatic rings. The van der Waals surface area contributed by atoms with Gasteiger partial charge in [0.1, 0.15) is 0 Å². The lowest BCUT2D eigenvalue weighted by atomic mass is 9.77. The van der Waals surface area contributed by atoms with Gasteiger partial charge in [-0.25, -0.2) is 0 Å². The molecule has 0 atom stereocenters. The van der Waals surface area contributed by atoms with Crippen molar-refractivity contribution in [2.75, 3.05) is 5.32 Å². The lowest BCUT2D eigenvalue weighted by Gasteiger charge is -2.36. The first kappa shape index (κ1) is 20.7. The van der Waals surface area contributed by atoms with Gasteiger partial charge in [0.25, 0.3) is 0 Å². The Kier molecular flexibility index (Phi) is 5.22. The van der Waals surface area contributed by atoms with E-state index in [0.29, 0.717) is 23.0 Å². The first-order valence-electron chi connectivity index (χ1n) is 10.1. The molecule has 1 aliphatic carbocycles. The molecule has 1 fully saturated rings. The van der Waals surface area contributed by atoms with Crippen molar-refractivity contribution in [2.24, 2.45) is 5.92 Å². The van der Waals surface area contributed by atoms with Crippen molar-refractivity contribution in [1.82, 2.24) is 14.6 Å². The van der Waals surface area contributed by atoms with Crippen LogP contribution in [0.5, 0.6) is 0 Å². The topological polar surface area (TPSA) is 62.5 Å². The number of fused-ring (bicyclic) bond motifs is 1. The summed E-state index contributed by atoms with van der Waals surface area (Å²) in [6, 6.07) is 9.11. The predicted molar refractivity (Wildman–Crippen MR) is 109 cm³/mol. The van der Waals surface area contributed by atoms with E-state index in [9.17, 15) is 18.3 Å². The van der Waals surface area contributed by atoms with Crippen LogP contribution in [0, 0.1) is 5.92 Å². The van der Waals surface area contributed by atoms with Crippen molar-refractivity contribution >= 4 is 11.3 Å². The van der Waals surface area contributed by atoms with Gasteiger partial charge in [-0.2, -0.15) is 13.2 Å². The fourth-order valence-corrected chi connectivity index (χ4v) is 4.19. The fourth-order valence-electron chi connectivity index (χ4n) is 4.19. The SMILES string of the molecule is CC(C)(O)[C@H]1CC[C@H](Nc2ccc3nnc(-c4cccc(C(F)(F)F)c4)n3c2)CC1. The smallest absolute Gasteiger partial charge is 0.390 e. The molecule has 1 saturated carbocycles. The third-order valence-electron chi connectivity index (χ3n) is 5.95. The van der Waals surface area contributed by atoms with Gasteiger partial charge in [-0.15, -0.1) is 10.2 Å². The molecule has 0 spiro atoms. The van der Waals surface area contributed by atoms with Gasteiger partial charge in [0, 0.05) is 17.8 Å². The van der Waals surface area contributed by atoms with Crippen molar-refractivity contribution in [3.05, 3.63) is 48.2 Å². The number of benzene rings is 1. The lowest BCUT2D eigenvalue weighted by Crippen LogP contribution is -2.37. The Morgan fingerprint density at radius 1 is 1.03 bits per heavy atom. The van der Waals surface area contributed by atoms with Crippen molar-refractivity contribution < 1.29 is 18.3 Å². The Labute approximate surface area is 172 Å². The largest absolute Gasteiger partial charge is 0.416 e. The molecule has 0 radical (unpaired) electrons. The Morgan fingerprint density at radius 3 is 2.43 bits per heavy atom. The molecule has 0 amide bonds. The van der Waals surface area contributed by atoms with Gasteiger partial charge in [-0.1, -0.05) is 12.1 Å². The maximum absolute atomic E-state index is 13.1. The molecule has 2 aromatic heterocycles. The second kappa shape index (κ2) is 7.58. The van der Waals surface area contributed by atoms with E-state index in [-0.39, 0.29) is 6.04 Å². The summed E-state index contributed by atoms with van der Waals surface area (Å²) >= 11 is 0. The maximum Gasteiger partial charge on any atom is 0.416 e. The van der Waals surface area contributed by atoms with Crippen LogP contribution in [0.15, 0.2) is 42.6 Å². The number of pyridine rings is 1. The molecular weight excluding hydrogens is 393 g/mol. The highest BCUT2D eigenvalue weighted by atomic mass is 19.4. The predicted octanol–water partition coefficient (Wildman–Crippen LogP) is 5.16. The molecule has 4 rings (SSSR count). The first-order chi connectivity index (χ1) is 14.1. The van der Waals surface area contributed by atoms with E-state index in [2.05, 4.69) is 15.5 Å². The van der Waals surface area contributed by atoms with E-state index in [4.69, 9.17) is 0 Å². The molecule has 1 aromatic carbocycles. The van der Waals surface area contributed by atoms with E-state index in [1.807, 2.05) is 26.1 Å². The zero-order chi connectivity index (χ0) is 21.5. The molecule has 2 N–H and O–H groups in total. The molecule has 0 bridgehead atoms. The van der Waals surface area contributed by atoms with Crippen LogP contribution >= 0.6 is 0 Å². The van der Waals surface area contributed by atoms with Crippen LogP contribution in [-0.2, 0) is 6.18 Å². The first-order valence-corrected chi connectivity index (χ1v) is 10.1. The number of nitrogens with one attached hydrogen (secondary N) is 1. The molecule has 5 nitrogen and oxygen atoms in total. The standard InChI is InChI=1S/C22H25F3N4O/c1-21(2,30)15-6-8-17(9-7-15)26-18-10-11-19-27-28-20(29(19)13-18)14-4-3-5-16(12-14)22(23,24)25/h3-5,10-13,15,17,26,30H,6-9H2,1-2H3/t15-,17-. The zero-order valence-electron chi connectivity index (χ0n) is 16.9. The molecule has 2 heterocycles. The minimum Gasteiger partial charge on any atom is -0.390 e. The van der Waals surface area contributed by atoms with Gasteiger partial charge in [0.15, 0.2) is 11.5 Å². The van der Waals surface area contributed by atoms with Crippen LogP contribution in [0.2, 0.25) is 0 Å².